The number of piperidine rings is 1. The van der Waals surface area contributed by atoms with Crippen LogP contribution in [0.15, 0.2) is 24.3 Å². The molecule has 1 atom stereocenters. The summed E-state index contributed by atoms with van der Waals surface area (Å²) in [5.41, 5.74) is 1.45. The third kappa shape index (κ3) is 4.04. The number of nitrogens with zero attached hydrogens (tertiary/aromatic N) is 1. The highest BCUT2D eigenvalue weighted by Crippen LogP contribution is 2.38. The number of nitrogens with one attached hydrogen (secondary N) is 1. The Kier molecular flexibility index (Phi) is 5.78. The normalized spacial score (nSPS) is 23.0. The smallest absolute Gasteiger partial charge is 0.0408 e. The van der Waals surface area contributed by atoms with Gasteiger partial charge in [0, 0.05) is 17.6 Å². The molecule has 3 rings (SSSR count). The molecule has 1 aliphatic carbocycles. The van der Waals surface area contributed by atoms with Crippen molar-refractivity contribution in [3.63, 3.8) is 0 Å². The third-order valence-corrected chi connectivity index (χ3v) is 5.93. The Morgan fingerprint density at radius 1 is 1.18 bits per heavy atom. The van der Waals surface area contributed by atoms with Crippen molar-refractivity contribution in [3.8, 4) is 0 Å². The van der Waals surface area contributed by atoms with Crippen LogP contribution in [0.25, 0.3) is 0 Å². The van der Waals surface area contributed by atoms with Gasteiger partial charge in [0.2, 0.25) is 0 Å². The lowest BCUT2D eigenvalue weighted by Gasteiger charge is -2.36. The fraction of sp³-hybridized carbons (Fsp3) is 0.684. The summed E-state index contributed by atoms with van der Waals surface area (Å²) in [5, 5.41) is 4.31. The summed E-state index contributed by atoms with van der Waals surface area (Å²) in [5.74, 6) is 1.51. The molecule has 2 aliphatic rings. The molecule has 3 heteroatoms. The van der Waals surface area contributed by atoms with Crippen molar-refractivity contribution in [2.45, 2.75) is 50.5 Å². The highest BCUT2D eigenvalue weighted by molar-refractivity contribution is 6.30. The summed E-state index contributed by atoms with van der Waals surface area (Å²) >= 11 is 6.25. The molecule has 1 saturated heterocycles. The van der Waals surface area contributed by atoms with Crippen LogP contribution in [0, 0.1) is 5.92 Å². The average Bonchev–Trinajstić information content (AvgIpc) is 3.07. The highest BCUT2D eigenvalue weighted by Gasteiger charge is 2.29. The Morgan fingerprint density at radius 3 is 2.55 bits per heavy atom. The topological polar surface area (TPSA) is 15.3 Å². The van der Waals surface area contributed by atoms with Crippen molar-refractivity contribution in [2.75, 3.05) is 26.7 Å². The van der Waals surface area contributed by atoms with Crippen LogP contribution in [-0.2, 0) is 0 Å². The largest absolute Gasteiger partial charge is 0.317 e. The molecule has 1 heterocycles. The second-order valence-electron chi connectivity index (χ2n) is 7.07. The predicted octanol–water partition coefficient (Wildman–Crippen LogP) is 4.30. The molecule has 0 unspecified atom stereocenters. The predicted molar refractivity (Wildman–Crippen MR) is 94.7 cm³/mol. The summed E-state index contributed by atoms with van der Waals surface area (Å²) in [7, 11) is 2.09. The van der Waals surface area contributed by atoms with Gasteiger partial charge in [0.05, 0.1) is 0 Å². The quantitative estimate of drug-likeness (QED) is 0.870. The van der Waals surface area contributed by atoms with E-state index in [0.29, 0.717) is 12.0 Å². The first-order chi connectivity index (χ1) is 10.8. The fourth-order valence-electron chi connectivity index (χ4n) is 4.31. The number of halogens is 1. The van der Waals surface area contributed by atoms with Crippen molar-refractivity contribution < 1.29 is 0 Å². The van der Waals surface area contributed by atoms with Crippen LogP contribution in [0.5, 0.6) is 0 Å². The van der Waals surface area contributed by atoms with Crippen LogP contribution in [-0.4, -0.2) is 37.6 Å². The number of benzene rings is 1. The van der Waals surface area contributed by atoms with Crippen molar-refractivity contribution >= 4 is 11.6 Å². The number of rotatable bonds is 5. The molecule has 0 aromatic heterocycles. The van der Waals surface area contributed by atoms with Gasteiger partial charge in [0.1, 0.15) is 0 Å². The van der Waals surface area contributed by atoms with Crippen LogP contribution in [0.2, 0.25) is 5.02 Å². The molecule has 1 aromatic rings. The van der Waals surface area contributed by atoms with Gasteiger partial charge in [0.15, 0.2) is 0 Å². The second kappa shape index (κ2) is 7.81. The lowest BCUT2D eigenvalue weighted by Crippen LogP contribution is -2.43. The molecule has 0 amide bonds. The van der Waals surface area contributed by atoms with Gasteiger partial charge in [0.25, 0.3) is 0 Å². The molecule has 1 N–H and O–H groups in total. The maximum absolute atomic E-state index is 6.25. The van der Waals surface area contributed by atoms with Gasteiger partial charge in [-0.1, -0.05) is 36.6 Å². The third-order valence-electron chi connectivity index (χ3n) is 5.70. The molecule has 1 aromatic carbocycles. The minimum absolute atomic E-state index is 0.660. The van der Waals surface area contributed by atoms with E-state index < -0.39 is 0 Å². The van der Waals surface area contributed by atoms with Gasteiger partial charge in [-0.05, 0) is 75.4 Å². The van der Waals surface area contributed by atoms with Crippen LogP contribution < -0.4 is 5.32 Å². The van der Waals surface area contributed by atoms with E-state index >= 15 is 0 Å². The maximum atomic E-state index is 6.25. The van der Waals surface area contributed by atoms with Crippen molar-refractivity contribution in [2.24, 2.45) is 5.92 Å². The molecular weight excluding hydrogens is 292 g/mol. The van der Waals surface area contributed by atoms with E-state index in [9.17, 15) is 0 Å². The zero-order valence-electron chi connectivity index (χ0n) is 13.7. The van der Waals surface area contributed by atoms with Crippen molar-refractivity contribution in [3.05, 3.63) is 34.9 Å². The van der Waals surface area contributed by atoms with Gasteiger partial charge in [-0.15, -0.1) is 0 Å². The lowest BCUT2D eigenvalue weighted by molar-refractivity contribution is 0.176. The summed E-state index contributed by atoms with van der Waals surface area (Å²) in [6.45, 7) is 3.67. The van der Waals surface area contributed by atoms with Gasteiger partial charge in [-0.3, -0.25) is 0 Å². The Balaban J connectivity index is 1.69. The van der Waals surface area contributed by atoms with E-state index in [4.69, 9.17) is 11.6 Å². The molecule has 2 fully saturated rings. The Bertz CT molecular complexity index is 462. The highest BCUT2D eigenvalue weighted by atomic mass is 35.5. The monoisotopic (exact) mass is 320 g/mol. The fourth-order valence-corrected chi connectivity index (χ4v) is 4.50. The Hall–Kier alpha value is -0.570. The SMILES string of the molecule is CNC1CCN(C[C@@H](c2cccc(Cl)c2)C2CCCC2)CC1. The maximum Gasteiger partial charge on any atom is 0.0408 e. The molecule has 2 nitrogen and oxygen atoms in total. The minimum Gasteiger partial charge on any atom is -0.317 e. The minimum atomic E-state index is 0.660. The van der Waals surface area contributed by atoms with E-state index in [1.54, 1.807) is 0 Å². The Labute approximate surface area is 140 Å². The first-order valence-electron chi connectivity index (χ1n) is 8.91. The average molecular weight is 321 g/mol. The molecular formula is C19H29ClN2. The van der Waals surface area contributed by atoms with Gasteiger partial charge in [-0.2, -0.15) is 0 Å². The first-order valence-corrected chi connectivity index (χ1v) is 9.29. The van der Waals surface area contributed by atoms with E-state index in [1.807, 2.05) is 6.07 Å². The molecule has 1 aliphatic heterocycles. The molecule has 22 heavy (non-hydrogen) atoms. The molecule has 122 valence electrons. The molecule has 1 saturated carbocycles. The standard InChI is InChI=1S/C19H29ClN2/c1-21-18-9-11-22(12-10-18)14-19(15-5-2-3-6-15)16-7-4-8-17(20)13-16/h4,7-8,13,15,18-19,21H,2-3,5-6,9-12,14H2,1H3/t19-/m1/s1. The van der Waals surface area contributed by atoms with Crippen LogP contribution in [0.4, 0.5) is 0 Å². The Morgan fingerprint density at radius 2 is 1.91 bits per heavy atom. The molecule has 0 bridgehead atoms. The van der Waals surface area contributed by atoms with Gasteiger partial charge >= 0.3 is 0 Å². The van der Waals surface area contributed by atoms with Gasteiger partial charge in [-0.25, -0.2) is 0 Å². The second-order valence-corrected chi connectivity index (χ2v) is 7.51. The molecule has 0 spiro atoms. The zero-order chi connectivity index (χ0) is 15.4. The van der Waals surface area contributed by atoms with Crippen molar-refractivity contribution in [1.29, 1.82) is 0 Å². The summed E-state index contributed by atoms with van der Waals surface area (Å²) in [6.07, 6.45) is 8.16. The van der Waals surface area contributed by atoms with E-state index in [1.165, 1.54) is 63.7 Å². The summed E-state index contributed by atoms with van der Waals surface area (Å²) in [4.78, 5) is 2.68. The van der Waals surface area contributed by atoms with E-state index in [2.05, 4.69) is 35.5 Å². The van der Waals surface area contributed by atoms with E-state index in [0.717, 1.165) is 10.9 Å². The zero-order valence-corrected chi connectivity index (χ0v) is 14.5. The van der Waals surface area contributed by atoms with Gasteiger partial charge < -0.3 is 10.2 Å². The number of likely N-dealkylation sites (tertiary alicyclic amines) is 1. The van der Waals surface area contributed by atoms with Crippen molar-refractivity contribution in [1.82, 2.24) is 10.2 Å². The first kappa shape index (κ1) is 16.3. The van der Waals surface area contributed by atoms with E-state index in [-0.39, 0.29) is 0 Å². The van der Waals surface area contributed by atoms with Crippen LogP contribution >= 0.6 is 11.6 Å². The summed E-state index contributed by atoms with van der Waals surface area (Å²) < 4.78 is 0. The number of hydrogen-bond donors (Lipinski definition) is 1. The van der Waals surface area contributed by atoms with Crippen LogP contribution in [0.3, 0.4) is 0 Å². The molecule has 0 radical (unpaired) electrons. The number of hydrogen-bond acceptors (Lipinski definition) is 2. The lowest BCUT2D eigenvalue weighted by atomic mass is 9.84. The van der Waals surface area contributed by atoms with Crippen LogP contribution in [0.1, 0.15) is 50.0 Å². The summed E-state index contributed by atoms with van der Waals surface area (Å²) in [6, 6.07) is 9.31.